The molecule has 0 aliphatic carbocycles. The van der Waals surface area contributed by atoms with Crippen molar-refractivity contribution in [3.05, 3.63) is 42.2 Å². The second-order valence-corrected chi connectivity index (χ2v) is 9.36. The molecule has 1 fully saturated rings. The van der Waals surface area contributed by atoms with Gasteiger partial charge in [0.1, 0.15) is 17.8 Å². The molecule has 5 atom stereocenters. The lowest BCUT2D eigenvalue weighted by Gasteiger charge is -2.27. The van der Waals surface area contributed by atoms with Crippen LogP contribution in [-0.2, 0) is 20.4 Å². The first-order valence-electron chi connectivity index (χ1n) is 9.98. The molecule has 3 heterocycles. The number of hydrogen-bond donors (Lipinski definition) is 5. The minimum absolute atomic E-state index is 0.0788. The molecule has 1 aliphatic rings. The molecule has 2 aromatic heterocycles. The second kappa shape index (κ2) is 8.95. The maximum atomic E-state index is 12.4. The number of aliphatic hydroxyl groups is 2. The number of hydrogen-bond acceptors (Lipinski definition) is 10. The van der Waals surface area contributed by atoms with Crippen LogP contribution in [0.4, 0.5) is 5.95 Å². The van der Waals surface area contributed by atoms with Gasteiger partial charge in [0.2, 0.25) is 11.8 Å². The summed E-state index contributed by atoms with van der Waals surface area (Å²) in [5.74, 6) is 0.0601. The highest BCUT2D eigenvalue weighted by atomic mass is 31.2. The van der Waals surface area contributed by atoms with Gasteiger partial charge < -0.3 is 30.3 Å². The molecule has 2 unspecified atom stereocenters. The van der Waals surface area contributed by atoms with Gasteiger partial charge in [-0.05, 0) is 12.5 Å². The molecule has 0 bridgehead atoms. The summed E-state index contributed by atoms with van der Waals surface area (Å²) < 4.78 is 29.8. The molecule has 14 heteroatoms. The largest absolute Gasteiger partial charge is 0.479 e. The summed E-state index contributed by atoms with van der Waals surface area (Å²) >= 11 is 0. The number of nitrogens with zero attached hydrogens (tertiary/aromatic N) is 4. The average molecular weight is 480 g/mol. The highest BCUT2D eigenvalue weighted by Crippen LogP contribution is 2.43. The smallest absolute Gasteiger partial charge is 0.403 e. The average Bonchev–Trinajstić information content (AvgIpc) is 3.29. The third kappa shape index (κ3) is 4.70. The van der Waals surface area contributed by atoms with Crippen molar-refractivity contribution < 1.29 is 33.7 Å². The molecule has 4 rings (SSSR count). The number of rotatable bonds is 8. The van der Waals surface area contributed by atoms with Crippen molar-refractivity contribution in [2.75, 3.05) is 19.5 Å². The molecule has 3 aromatic rings. The lowest BCUT2D eigenvalue weighted by molar-refractivity contribution is -0.0948. The molecule has 0 spiro atoms. The van der Waals surface area contributed by atoms with Crippen LogP contribution in [0.3, 0.4) is 0 Å². The number of aliphatic hydroxyl groups excluding tert-OH is 1. The predicted molar refractivity (Wildman–Crippen MR) is 116 cm³/mol. The van der Waals surface area contributed by atoms with Crippen LogP contribution in [0.5, 0.6) is 5.88 Å². The van der Waals surface area contributed by atoms with Gasteiger partial charge in [0.05, 0.1) is 20.0 Å². The fourth-order valence-corrected chi connectivity index (χ4v) is 4.43. The lowest BCUT2D eigenvalue weighted by atomic mass is 9.96. The van der Waals surface area contributed by atoms with Crippen LogP contribution in [0.2, 0.25) is 0 Å². The lowest BCUT2D eigenvalue weighted by Crippen LogP contribution is -2.44. The van der Waals surface area contributed by atoms with Crippen molar-refractivity contribution >= 4 is 24.9 Å². The van der Waals surface area contributed by atoms with Crippen LogP contribution in [-0.4, -0.2) is 66.2 Å². The van der Waals surface area contributed by atoms with E-state index in [1.807, 2.05) is 6.07 Å². The Morgan fingerprint density at radius 3 is 2.76 bits per heavy atom. The van der Waals surface area contributed by atoms with Crippen molar-refractivity contribution in [1.82, 2.24) is 24.6 Å². The minimum atomic E-state index is -4.21. The summed E-state index contributed by atoms with van der Waals surface area (Å²) in [4.78, 5) is 22.4. The van der Waals surface area contributed by atoms with Gasteiger partial charge >= 0.3 is 7.75 Å². The van der Waals surface area contributed by atoms with E-state index in [0.717, 1.165) is 5.56 Å². The summed E-state index contributed by atoms with van der Waals surface area (Å²) in [7, 11) is -2.81. The zero-order valence-electron chi connectivity index (χ0n) is 17.9. The first kappa shape index (κ1) is 23.5. The highest BCUT2D eigenvalue weighted by molar-refractivity contribution is 7.50. The Balaban J connectivity index is 1.48. The molecule has 33 heavy (non-hydrogen) atoms. The molecular formula is C19H25N6O7P. The number of nitrogens with one attached hydrogen (secondary N) is 1. The number of nitrogen functional groups attached to an aromatic ring is 1. The molecule has 13 nitrogen and oxygen atoms in total. The quantitative estimate of drug-likeness (QED) is 0.279. The Morgan fingerprint density at radius 2 is 2.06 bits per heavy atom. The normalized spacial score (nSPS) is 27.0. The first-order chi connectivity index (χ1) is 15.6. The molecule has 1 saturated heterocycles. The monoisotopic (exact) mass is 480 g/mol. The molecule has 0 amide bonds. The fraction of sp³-hybridized carbons (Fsp3) is 0.421. The summed E-state index contributed by atoms with van der Waals surface area (Å²) in [5.41, 5.74) is 5.21. The van der Waals surface area contributed by atoms with Crippen LogP contribution in [0.25, 0.3) is 11.2 Å². The Labute approximate surface area is 188 Å². The zero-order valence-corrected chi connectivity index (χ0v) is 18.8. The van der Waals surface area contributed by atoms with E-state index < -0.39 is 38.4 Å². The Morgan fingerprint density at radius 1 is 1.33 bits per heavy atom. The van der Waals surface area contributed by atoms with Crippen molar-refractivity contribution in [2.24, 2.45) is 0 Å². The van der Waals surface area contributed by atoms with Gasteiger partial charge in [-0.3, -0.25) is 9.09 Å². The SMILES string of the molecule is COc1nc(N)nc2c1ncn2C1O[C@H](COP(=O)(O)NCc2ccccc2)[C@@H](O)[C@@]1(C)O. The predicted octanol–water partition coefficient (Wildman–Crippen LogP) is 0.333. The van der Waals surface area contributed by atoms with Crippen LogP contribution < -0.4 is 15.6 Å². The molecular weight excluding hydrogens is 455 g/mol. The minimum Gasteiger partial charge on any atom is -0.479 e. The zero-order chi connectivity index (χ0) is 23.8. The van der Waals surface area contributed by atoms with Gasteiger partial charge in [0, 0.05) is 6.54 Å². The van der Waals surface area contributed by atoms with Crippen molar-refractivity contribution in [1.29, 1.82) is 0 Å². The number of nitrogens with two attached hydrogens (primary N) is 1. The summed E-state index contributed by atoms with van der Waals surface area (Å²) in [6.07, 6.45) is -2.38. The van der Waals surface area contributed by atoms with Gasteiger partial charge in [0.15, 0.2) is 17.4 Å². The van der Waals surface area contributed by atoms with Crippen LogP contribution in [0, 0.1) is 0 Å². The van der Waals surface area contributed by atoms with Crippen molar-refractivity contribution in [3.8, 4) is 5.88 Å². The van der Waals surface area contributed by atoms with Gasteiger partial charge in [-0.1, -0.05) is 30.3 Å². The molecule has 6 N–H and O–H groups in total. The van der Waals surface area contributed by atoms with E-state index in [-0.39, 0.29) is 29.5 Å². The number of fused-ring (bicyclic) bond motifs is 1. The Hall–Kier alpha value is -2.64. The standard InChI is InChI=1S/C19H25N6O7P/c1-19(27)14(26)12(9-31-33(28,29)22-8-11-6-4-3-5-7-11)32-17(19)25-10-21-13-15(25)23-18(20)24-16(13)30-2/h3-7,10,12,14,17,26-27H,8-9H2,1-2H3,(H2,20,23,24)(H2,22,28,29)/t12-,14-,17?,19-/m1/s1. The molecule has 1 aromatic carbocycles. The van der Waals surface area contributed by atoms with E-state index in [1.54, 1.807) is 24.3 Å². The number of ether oxygens (including phenoxy) is 2. The third-order valence-electron chi connectivity index (χ3n) is 5.35. The van der Waals surface area contributed by atoms with Gasteiger partial charge in [-0.15, -0.1) is 0 Å². The topological polar surface area (TPSA) is 187 Å². The first-order valence-corrected chi connectivity index (χ1v) is 11.6. The molecule has 0 radical (unpaired) electrons. The Bertz CT molecular complexity index is 1170. The van der Waals surface area contributed by atoms with E-state index in [9.17, 15) is 19.7 Å². The van der Waals surface area contributed by atoms with Gasteiger partial charge in [-0.25, -0.2) is 14.6 Å². The van der Waals surface area contributed by atoms with Crippen LogP contribution >= 0.6 is 7.75 Å². The number of anilines is 1. The molecule has 0 saturated carbocycles. The van der Waals surface area contributed by atoms with Crippen LogP contribution in [0.1, 0.15) is 18.7 Å². The fourth-order valence-electron chi connectivity index (χ4n) is 3.61. The third-order valence-corrected chi connectivity index (χ3v) is 6.40. The highest BCUT2D eigenvalue weighted by Gasteiger charge is 2.54. The maximum absolute atomic E-state index is 12.4. The van der Waals surface area contributed by atoms with Crippen molar-refractivity contribution in [2.45, 2.75) is 37.5 Å². The van der Waals surface area contributed by atoms with E-state index in [1.165, 1.54) is 24.9 Å². The molecule has 178 valence electrons. The number of aromatic nitrogens is 4. The van der Waals surface area contributed by atoms with Gasteiger partial charge in [0.25, 0.3) is 0 Å². The maximum Gasteiger partial charge on any atom is 0.403 e. The van der Waals surface area contributed by atoms with E-state index >= 15 is 0 Å². The van der Waals surface area contributed by atoms with Gasteiger partial charge in [-0.2, -0.15) is 9.97 Å². The van der Waals surface area contributed by atoms with E-state index in [2.05, 4.69) is 20.0 Å². The second-order valence-electron chi connectivity index (χ2n) is 7.75. The molecule has 1 aliphatic heterocycles. The summed E-state index contributed by atoms with van der Waals surface area (Å²) in [5, 5.41) is 24.1. The van der Waals surface area contributed by atoms with E-state index in [0.29, 0.717) is 0 Å². The number of imidazole rings is 1. The van der Waals surface area contributed by atoms with Crippen molar-refractivity contribution in [3.63, 3.8) is 0 Å². The number of benzene rings is 1. The summed E-state index contributed by atoms with van der Waals surface area (Å²) in [6.45, 7) is 1.01. The van der Waals surface area contributed by atoms with Crippen LogP contribution in [0.15, 0.2) is 36.7 Å². The summed E-state index contributed by atoms with van der Waals surface area (Å²) in [6, 6.07) is 9.02. The Kier molecular flexibility index (Phi) is 6.38. The number of methoxy groups -OCH3 is 1. The van der Waals surface area contributed by atoms with E-state index in [4.69, 9.17) is 19.7 Å².